The van der Waals surface area contributed by atoms with Gasteiger partial charge in [0, 0.05) is 10.0 Å². The third-order valence-electron chi connectivity index (χ3n) is 1.74. The molecule has 1 aromatic rings. The lowest BCUT2D eigenvalue weighted by Crippen LogP contribution is -2.12. The topological polar surface area (TPSA) is 20.2 Å². The number of aromatic hydroxyl groups is 1. The third kappa shape index (κ3) is 1.81. The molecule has 0 unspecified atom stereocenters. The molecule has 0 aromatic heterocycles. The maximum atomic E-state index is 9.60. The molecule has 0 aliphatic heterocycles. The molecule has 0 bridgehead atoms. The third-order valence-corrected chi connectivity index (χ3v) is 2.40. The van der Waals surface area contributed by atoms with Crippen molar-refractivity contribution in [3.63, 3.8) is 0 Å². The molecule has 0 heterocycles. The molecule has 0 saturated carbocycles. The van der Waals surface area contributed by atoms with Gasteiger partial charge in [0.05, 0.1) is 0 Å². The molecular formula is C10H13BrO. The predicted octanol–water partition coefficient (Wildman–Crippen LogP) is 3.45. The van der Waals surface area contributed by atoms with Crippen LogP contribution in [0.2, 0.25) is 0 Å². The number of halogens is 1. The van der Waals surface area contributed by atoms with Gasteiger partial charge < -0.3 is 5.11 Å². The molecule has 2 heteroatoms. The lowest BCUT2D eigenvalue weighted by atomic mass is 9.86. The van der Waals surface area contributed by atoms with Crippen LogP contribution in [-0.4, -0.2) is 5.11 Å². The van der Waals surface area contributed by atoms with E-state index in [1.54, 1.807) is 6.07 Å². The first-order valence-electron chi connectivity index (χ1n) is 3.91. The fraction of sp³-hybridized carbons (Fsp3) is 0.400. The van der Waals surface area contributed by atoms with Crippen molar-refractivity contribution in [1.82, 2.24) is 0 Å². The molecule has 0 atom stereocenters. The highest BCUT2D eigenvalue weighted by molar-refractivity contribution is 9.10. The first-order valence-corrected chi connectivity index (χ1v) is 4.70. The normalized spacial score (nSPS) is 11.7. The second kappa shape index (κ2) is 3.09. The number of rotatable bonds is 0. The Balaban J connectivity index is 3.31. The highest BCUT2D eigenvalue weighted by atomic mass is 79.9. The Morgan fingerprint density at radius 1 is 1.25 bits per heavy atom. The number of phenols is 1. The first kappa shape index (κ1) is 9.59. The van der Waals surface area contributed by atoms with Crippen molar-refractivity contribution < 1.29 is 5.11 Å². The Morgan fingerprint density at radius 3 is 2.17 bits per heavy atom. The molecule has 0 saturated heterocycles. The zero-order valence-electron chi connectivity index (χ0n) is 7.56. The van der Waals surface area contributed by atoms with Gasteiger partial charge in [-0.1, -0.05) is 42.8 Å². The summed E-state index contributed by atoms with van der Waals surface area (Å²) >= 11 is 3.42. The monoisotopic (exact) mass is 228 g/mol. The van der Waals surface area contributed by atoms with Crippen molar-refractivity contribution in [1.29, 1.82) is 0 Å². The van der Waals surface area contributed by atoms with Gasteiger partial charge in [-0.2, -0.15) is 0 Å². The smallest absolute Gasteiger partial charge is 0.120 e. The van der Waals surface area contributed by atoms with E-state index in [9.17, 15) is 5.11 Å². The van der Waals surface area contributed by atoms with E-state index in [-0.39, 0.29) is 5.41 Å². The van der Waals surface area contributed by atoms with E-state index in [0.29, 0.717) is 5.75 Å². The summed E-state index contributed by atoms with van der Waals surface area (Å²) in [6.45, 7) is 6.23. The second-order valence-electron chi connectivity index (χ2n) is 3.88. The summed E-state index contributed by atoms with van der Waals surface area (Å²) in [4.78, 5) is 0. The van der Waals surface area contributed by atoms with E-state index < -0.39 is 0 Å². The van der Waals surface area contributed by atoms with Crippen LogP contribution in [0.25, 0.3) is 0 Å². The summed E-state index contributed by atoms with van der Waals surface area (Å²) in [7, 11) is 0. The molecule has 0 aliphatic carbocycles. The van der Waals surface area contributed by atoms with Gasteiger partial charge in [-0.3, -0.25) is 0 Å². The molecule has 0 aliphatic rings. The van der Waals surface area contributed by atoms with Gasteiger partial charge in [-0.25, -0.2) is 0 Å². The number of benzene rings is 1. The highest BCUT2D eigenvalue weighted by Crippen LogP contribution is 2.36. The maximum absolute atomic E-state index is 9.60. The highest BCUT2D eigenvalue weighted by Gasteiger charge is 2.20. The fourth-order valence-electron chi connectivity index (χ4n) is 1.26. The number of hydrogen-bond donors (Lipinski definition) is 1. The summed E-state index contributed by atoms with van der Waals surface area (Å²) in [6, 6.07) is 5.49. The van der Waals surface area contributed by atoms with Crippen LogP contribution in [0.5, 0.6) is 5.75 Å². The second-order valence-corrected chi connectivity index (χ2v) is 4.74. The molecule has 0 radical (unpaired) electrons. The molecule has 0 fully saturated rings. The fourth-order valence-corrected chi connectivity index (χ4v) is 2.21. The van der Waals surface area contributed by atoms with E-state index in [1.165, 1.54) is 0 Å². The molecule has 66 valence electrons. The predicted molar refractivity (Wildman–Crippen MR) is 54.5 cm³/mol. The van der Waals surface area contributed by atoms with Gasteiger partial charge in [-0.15, -0.1) is 0 Å². The maximum Gasteiger partial charge on any atom is 0.120 e. The minimum Gasteiger partial charge on any atom is -0.508 e. The summed E-state index contributed by atoms with van der Waals surface area (Å²) in [6.07, 6.45) is 0. The SMILES string of the molecule is CC(C)(C)c1c(O)cccc1Br. The lowest BCUT2D eigenvalue weighted by molar-refractivity contribution is 0.445. The minimum atomic E-state index is -0.0236. The Labute approximate surface area is 81.6 Å². The van der Waals surface area contributed by atoms with Crippen molar-refractivity contribution >= 4 is 15.9 Å². The summed E-state index contributed by atoms with van der Waals surface area (Å²) < 4.78 is 0.968. The van der Waals surface area contributed by atoms with Crippen molar-refractivity contribution in [2.75, 3.05) is 0 Å². The average molecular weight is 229 g/mol. The van der Waals surface area contributed by atoms with E-state index in [1.807, 2.05) is 12.1 Å². The Morgan fingerprint density at radius 2 is 1.83 bits per heavy atom. The van der Waals surface area contributed by atoms with E-state index in [2.05, 4.69) is 36.7 Å². The van der Waals surface area contributed by atoms with Crippen molar-refractivity contribution in [3.05, 3.63) is 28.2 Å². The van der Waals surface area contributed by atoms with Crippen LogP contribution in [0, 0.1) is 0 Å². The average Bonchev–Trinajstić information content (AvgIpc) is 1.82. The molecule has 0 spiro atoms. The Kier molecular flexibility index (Phi) is 2.47. The summed E-state index contributed by atoms with van der Waals surface area (Å²) in [5.41, 5.74) is 0.939. The Bertz CT molecular complexity index is 266. The largest absolute Gasteiger partial charge is 0.508 e. The molecule has 12 heavy (non-hydrogen) atoms. The quantitative estimate of drug-likeness (QED) is 0.722. The van der Waals surface area contributed by atoms with Gasteiger partial charge in [-0.05, 0) is 17.5 Å². The van der Waals surface area contributed by atoms with Crippen LogP contribution in [0.1, 0.15) is 26.3 Å². The van der Waals surface area contributed by atoms with Gasteiger partial charge in [0.25, 0.3) is 0 Å². The molecular weight excluding hydrogens is 216 g/mol. The number of hydrogen-bond acceptors (Lipinski definition) is 1. The van der Waals surface area contributed by atoms with Crippen LogP contribution in [0.4, 0.5) is 0 Å². The lowest BCUT2D eigenvalue weighted by Gasteiger charge is -2.21. The molecule has 1 nitrogen and oxygen atoms in total. The van der Waals surface area contributed by atoms with Crippen molar-refractivity contribution in [2.45, 2.75) is 26.2 Å². The number of phenolic OH excluding ortho intramolecular Hbond substituents is 1. The van der Waals surface area contributed by atoms with Crippen LogP contribution < -0.4 is 0 Å². The zero-order chi connectivity index (χ0) is 9.35. The first-order chi connectivity index (χ1) is 5.43. The van der Waals surface area contributed by atoms with Crippen LogP contribution >= 0.6 is 15.9 Å². The van der Waals surface area contributed by atoms with Gasteiger partial charge in [0.2, 0.25) is 0 Å². The Hall–Kier alpha value is -0.500. The molecule has 1 aromatic carbocycles. The van der Waals surface area contributed by atoms with Crippen molar-refractivity contribution in [2.24, 2.45) is 0 Å². The van der Waals surface area contributed by atoms with Crippen molar-refractivity contribution in [3.8, 4) is 5.75 Å². The minimum absolute atomic E-state index is 0.0236. The van der Waals surface area contributed by atoms with Crippen LogP contribution in [0.15, 0.2) is 22.7 Å². The summed E-state index contributed by atoms with van der Waals surface area (Å²) in [5.74, 6) is 0.358. The zero-order valence-corrected chi connectivity index (χ0v) is 9.14. The van der Waals surface area contributed by atoms with Crippen LogP contribution in [-0.2, 0) is 5.41 Å². The van der Waals surface area contributed by atoms with E-state index in [0.717, 1.165) is 10.0 Å². The van der Waals surface area contributed by atoms with Gasteiger partial charge in [0.1, 0.15) is 5.75 Å². The van der Waals surface area contributed by atoms with E-state index in [4.69, 9.17) is 0 Å². The van der Waals surface area contributed by atoms with E-state index >= 15 is 0 Å². The van der Waals surface area contributed by atoms with Gasteiger partial charge in [0.15, 0.2) is 0 Å². The van der Waals surface area contributed by atoms with Gasteiger partial charge >= 0.3 is 0 Å². The standard InChI is InChI=1S/C10H13BrO/c1-10(2,3)9-7(11)5-4-6-8(9)12/h4-6,12H,1-3H3. The van der Waals surface area contributed by atoms with Crippen LogP contribution in [0.3, 0.4) is 0 Å². The molecule has 0 amide bonds. The molecule has 1 N–H and O–H groups in total. The molecule has 1 rings (SSSR count). The summed E-state index contributed by atoms with van der Waals surface area (Å²) in [5, 5.41) is 9.60.